The maximum atomic E-state index is 12.1. The average Bonchev–Trinajstić information content (AvgIpc) is 3.34. The molecule has 0 bridgehead atoms. The Hall–Kier alpha value is -2.80. The van der Waals surface area contributed by atoms with E-state index in [1.807, 2.05) is 43.7 Å². The highest BCUT2D eigenvalue weighted by molar-refractivity contribution is 5.76. The highest BCUT2D eigenvalue weighted by atomic mass is 16.1. The standard InChI is InChI=1S/C24H32N6O/c1-16(2)26-24(31)10-9-20-17(3)27-23-13-21(28-30(23)18(20)4)22-8-6-12-29(22)15-19-7-5-11-25-14-19/h5,7,11,13-14,16,22H,6,8-10,12,15H2,1-4H3,(H,26,31). The lowest BCUT2D eigenvalue weighted by Crippen LogP contribution is -2.30. The molecule has 0 aliphatic carbocycles. The van der Waals surface area contributed by atoms with Gasteiger partial charge in [0.25, 0.3) is 0 Å². The van der Waals surface area contributed by atoms with Gasteiger partial charge >= 0.3 is 0 Å². The van der Waals surface area contributed by atoms with Crippen molar-refractivity contribution in [2.24, 2.45) is 0 Å². The number of pyridine rings is 1. The minimum Gasteiger partial charge on any atom is -0.354 e. The second-order valence-electron chi connectivity index (χ2n) is 8.81. The van der Waals surface area contributed by atoms with Crippen LogP contribution in [0.5, 0.6) is 0 Å². The summed E-state index contributed by atoms with van der Waals surface area (Å²) in [6.07, 6.45) is 7.15. The first-order valence-electron chi connectivity index (χ1n) is 11.2. The first-order valence-corrected chi connectivity index (χ1v) is 11.2. The van der Waals surface area contributed by atoms with Gasteiger partial charge < -0.3 is 5.32 Å². The predicted octanol–water partition coefficient (Wildman–Crippen LogP) is 3.54. The zero-order valence-electron chi connectivity index (χ0n) is 18.9. The lowest BCUT2D eigenvalue weighted by atomic mass is 10.1. The zero-order valence-corrected chi connectivity index (χ0v) is 18.9. The van der Waals surface area contributed by atoms with E-state index < -0.39 is 0 Å². The molecule has 1 aliphatic heterocycles. The number of carbonyl (C=O) groups excluding carboxylic acids is 1. The monoisotopic (exact) mass is 420 g/mol. The minimum absolute atomic E-state index is 0.0760. The molecule has 1 aliphatic rings. The summed E-state index contributed by atoms with van der Waals surface area (Å²) >= 11 is 0. The SMILES string of the molecule is Cc1nc2cc(C3CCCN3Cc3cccnc3)nn2c(C)c1CCC(=O)NC(C)C. The van der Waals surface area contributed by atoms with Crippen LogP contribution >= 0.6 is 0 Å². The first-order chi connectivity index (χ1) is 14.9. The normalized spacial score (nSPS) is 17.0. The molecule has 4 rings (SSSR count). The third-order valence-corrected chi connectivity index (χ3v) is 6.05. The van der Waals surface area contributed by atoms with E-state index >= 15 is 0 Å². The Labute approximate surface area is 183 Å². The molecule has 0 spiro atoms. The molecule has 1 saturated heterocycles. The number of amides is 1. The lowest BCUT2D eigenvalue weighted by Gasteiger charge is -2.22. The van der Waals surface area contributed by atoms with Gasteiger partial charge in [-0.3, -0.25) is 14.7 Å². The topological polar surface area (TPSA) is 75.4 Å². The Morgan fingerprint density at radius 1 is 1.32 bits per heavy atom. The second-order valence-corrected chi connectivity index (χ2v) is 8.81. The van der Waals surface area contributed by atoms with Crippen molar-refractivity contribution in [3.8, 4) is 0 Å². The number of hydrogen-bond acceptors (Lipinski definition) is 5. The van der Waals surface area contributed by atoms with Crippen molar-refractivity contribution < 1.29 is 4.79 Å². The molecule has 164 valence electrons. The molecule has 1 atom stereocenters. The van der Waals surface area contributed by atoms with Crippen molar-refractivity contribution in [3.63, 3.8) is 0 Å². The molecule has 0 radical (unpaired) electrons. The molecule has 3 aromatic heterocycles. The number of hydrogen-bond donors (Lipinski definition) is 1. The maximum absolute atomic E-state index is 12.1. The average molecular weight is 421 g/mol. The van der Waals surface area contributed by atoms with E-state index in [0.717, 1.165) is 47.8 Å². The zero-order chi connectivity index (χ0) is 22.0. The van der Waals surface area contributed by atoms with Crippen LogP contribution in [-0.4, -0.2) is 43.0 Å². The van der Waals surface area contributed by atoms with Crippen LogP contribution in [0.25, 0.3) is 5.65 Å². The van der Waals surface area contributed by atoms with Gasteiger partial charge in [0.1, 0.15) is 0 Å². The van der Waals surface area contributed by atoms with Crippen molar-refractivity contribution >= 4 is 11.6 Å². The molecule has 1 unspecified atom stereocenters. The molecule has 0 aromatic carbocycles. The quantitative estimate of drug-likeness (QED) is 0.633. The summed E-state index contributed by atoms with van der Waals surface area (Å²) in [5.74, 6) is 0.0760. The first kappa shape index (κ1) is 21.4. The summed E-state index contributed by atoms with van der Waals surface area (Å²) in [6.45, 7) is 10.0. The van der Waals surface area contributed by atoms with Gasteiger partial charge in [-0.1, -0.05) is 6.07 Å². The summed E-state index contributed by atoms with van der Waals surface area (Å²) in [6, 6.07) is 6.70. The fourth-order valence-electron chi connectivity index (χ4n) is 4.58. The number of nitrogens with zero attached hydrogens (tertiary/aromatic N) is 5. The molecule has 0 saturated carbocycles. The predicted molar refractivity (Wildman–Crippen MR) is 121 cm³/mol. The molecule has 31 heavy (non-hydrogen) atoms. The fourth-order valence-corrected chi connectivity index (χ4v) is 4.58. The van der Waals surface area contributed by atoms with Crippen LogP contribution in [0, 0.1) is 13.8 Å². The summed E-state index contributed by atoms with van der Waals surface area (Å²) in [5, 5.41) is 7.92. The molecule has 7 nitrogen and oxygen atoms in total. The Morgan fingerprint density at radius 2 is 2.16 bits per heavy atom. The number of aromatic nitrogens is 4. The highest BCUT2D eigenvalue weighted by Crippen LogP contribution is 2.33. The van der Waals surface area contributed by atoms with Crippen LogP contribution in [0.15, 0.2) is 30.6 Å². The van der Waals surface area contributed by atoms with Gasteiger partial charge in [0.15, 0.2) is 5.65 Å². The van der Waals surface area contributed by atoms with Crippen LogP contribution in [0.1, 0.15) is 67.4 Å². The van der Waals surface area contributed by atoms with E-state index in [4.69, 9.17) is 10.1 Å². The van der Waals surface area contributed by atoms with Gasteiger partial charge in [0, 0.05) is 48.9 Å². The molecule has 4 heterocycles. The van der Waals surface area contributed by atoms with Crippen LogP contribution < -0.4 is 5.32 Å². The number of fused-ring (bicyclic) bond motifs is 1. The smallest absolute Gasteiger partial charge is 0.220 e. The summed E-state index contributed by atoms with van der Waals surface area (Å²) in [4.78, 5) is 23.7. The Bertz CT molecular complexity index is 1060. The van der Waals surface area contributed by atoms with E-state index in [9.17, 15) is 4.79 Å². The summed E-state index contributed by atoms with van der Waals surface area (Å²) in [5.41, 5.74) is 6.35. The van der Waals surface area contributed by atoms with Crippen LogP contribution in [-0.2, 0) is 17.8 Å². The number of nitrogens with one attached hydrogen (secondary N) is 1. The second kappa shape index (κ2) is 9.14. The number of carbonyl (C=O) groups is 1. The largest absolute Gasteiger partial charge is 0.354 e. The van der Waals surface area contributed by atoms with E-state index in [-0.39, 0.29) is 11.9 Å². The van der Waals surface area contributed by atoms with Crippen LogP contribution in [0.3, 0.4) is 0 Å². The molecule has 1 N–H and O–H groups in total. The minimum atomic E-state index is 0.0760. The van der Waals surface area contributed by atoms with E-state index in [1.54, 1.807) is 0 Å². The van der Waals surface area contributed by atoms with Crippen molar-refractivity contribution in [1.82, 2.24) is 29.8 Å². The Balaban J connectivity index is 1.56. The van der Waals surface area contributed by atoms with Gasteiger partial charge in [0.2, 0.25) is 5.91 Å². The Kier molecular flexibility index (Phi) is 6.32. The van der Waals surface area contributed by atoms with Crippen LogP contribution in [0.2, 0.25) is 0 Å². The van der Waals surface area contributed by atoms with E-state index in [2.05, 4.69) is 34.3 Å². The molecule has 3 aromatic rings. The van der Waals surface area contributed by atoms with E-state index in [0.29, 0.717) is 18.9 Å². The van der Waals surface area contributed by atoms with Gasteiger partial charge in [-0.15, -0.1) is 0 Å². The third kappa shape index (κ3) is 4.77. The van der Waals surface area contributed by atoms with E-state index in [1.165, 1.54) is 12.0 Å². The van der Waals surface area contributed by atoms with Crippen LogP contribution in [0.4, 0.5) is 0 Å². The van der Waals surface area contributed by atoms with Crippen molar-refractivity contribution in [1.29, 1.82) is 0 Å². The molecule has 1 amide bonds. The number of rotatable bonds is 7. The number of likely N-dealkylation sites (tertiary alicyclic amines) is 1. The molecular formula is C24H32N6O. The summed E-state index contributed by atoms with van der Waals surface area (Å²) < 4.78 is 1.96. The lowest BCUT2D eigenvalue weighted by molar-refractivity contribution is -0.121. The molecule has 7 heteroatoms. The molecular weight excluding hydrogens is 388 g/mol. The van der Waals surface area contributed by atoms with Crippen molar-refractivity contribution in [2.45, 2.75) is 72.0 Å². The van der Waals surface area contributed by atoms with Gasteiger partial charge in [-0.2, -0.15) is 5.10 Å². The molecule has 1 fully saturated rings. The number of aryl methyl sites for hydroxylation is 2. The summed E-state index contributed by atoms with van der Waals surface area (Å²) in [7, 11) is 0. The van der Waals surface area contributed by atoms with Gasteiger partial charge in [0.05, 0.1) is 11.7 Å². The Morgan fingerprint density at radius 3 is 2.90 bits per heavy atom. The van der Waals surface area contributed by atoms with Crippen molar-refractivity contribution in [2.75, 3.05) is 6.54 Å². The fraction of sp³-hybridized carbons (Fsp3) is 0.500. The van der Waals surface area contributed by atoms with Gasteiger partial charge in [-0.25, -0.2) is 9.50 Å². The third-order valence-electron chi connectivity index (χ3n) is 6.05. The maximum Gasteiger partial charge on any atom is 0.220 e. The van der Waals surface area contributed by atoms with Gasteiger partial charge in [-0.05, 0) is 70.7 Å². The highest BCUT2D eigenvalue weighted by Gasteiger charge is 2.29. The van der Waals surface area contributed by atoms with Crippen molar-refractivity contribution in [3.05, 3.63) is 58.8 Å².